The molecule has 0 saturated carbocycles. The summed E-state index contributed by atoms with van der Waals surface area (Å²) in [5.41, 5.74) is 1.34. The van der Waals surface area contributed by atoms with E-state index >= 15 is 0 Å². The SMILES string of the molecule is CCC1(CC)CCN(c2ncc(Br)cc2CO)C1. The predicted octanol–water partition coefficient (Wildman–Crippen LogP) is 3.35. The molecule has 1 N–H and O–H groups in total. The van der Waals surface area contributed by atoms with Crippen molar-refractivity contribution in [3.05, 3.63) is 22.3 Å². The molecule has 1 aromatic heterocycles. The average molecular weight is 313 g/mol. The van der Waals surface area contributed by atoms with Crippen molar-refractivity contribution in [2.75, 3.05) is 18.0 Å². The van der Waals surface area contributed by atoms with Gasteiger partial charge in [0.05, 0.1) is 6.61 Å². The quantitative estimate of drug-likeness (QED) is 0.926. The van der Waals surface area contributed by atoms with E-state index in [4.69, 9.17) is 0 Å². The van der Waals surface area contributed by atoms with E-state index in [1.54, 1.807) is 0 Å². The van der Waals surface area contributed by atoms with E-state index in [2.05, 4.69) is 39.7 Å². The third-order valence-electron chi connectivity index (χ3n) is 4.32. The van der Waals surface area contributed by atoms with E-state index in [1.807, 2.05) is 12.3 Å². The Bertz CT molecular complexity index is 418. The number of anilines is 1. The molecule has 4 heteroatoms. The fourth-order valence-corrected chi connectivity index (χ4v) is 3.20. The van der Waals surface area contributed by atoms with Crippen LogP contribution in [0, 0.1) is 5.41 Å². The molecule has 3 nitrogen and oxygen atoms in total. The summed E-state index contributed by atoms with van der Waals surface area (Å²) in [6.45, 7) is 6.69. The van der Waals surface area contributed by atoms with E-state index in [-0.39, 0.29) is 6.61 Å². The third-order valence-corrected chi connectivity index (χ3v) is 4.75. The molecule has 2 heterocycles. The first-order chi connectivity index (χ1) is 8.64. The molecule has 0 spiro atoms. The summed E-state index contributed by atoms with van der Waals surface area (Å²) in [5.74, 6) is 0.949. The lowest BCUT2D eigenvalue weighted by molar-refractivity contribution is 0.281. The molecule has 1 aliphatic heterocycles. The Morgan fingerprint density at radius 2 is 2.17 bits per heavy atom. The first-order valence-corrected chi connectivity index (χ1v) is 7.43. The molecule has 1 saturated heterocycles. The van der Waals surface area contributed by atoms with Gasteiger partial charge in [-0.1, -0.05) is 13.8 Å². The number of pyridine rings is 1. The Balaban J connectivity index is 2.24. The van der Waals surface area contributed by atoms with Crippen LogP contribution in [0.4, 0.5) is 5.82 Å². The van der Waals surface area contributed by atoms with Gasteiger partial charge in [-0.05, 0) is 46.7 Å². The second kappa shape index (κ2) is 5.57. The zero-order valence-electron chi connectivity index (χ0n) is 11.1. The molecule has 0 unspecified atom stereocenters. The highest BCUT2D eigenvalue weighted by Gasteiger charge is 2.36. The molecule has 1 fully saturated rings. The molecular weight excluding hydrogens is 292 g/mol. The van der Waals surface area contributed by atoms with Crippen molar-refractivity contribution in [3.8, 4) is 0 Å². The molecule has 0 amide bonds. The number of hydrogen-bond donors (Lipinski definition) is 1. The minimum atomic E-state index is 0.0452. The van der Waals surface area contributed by atoms with E-state index < -0.39 is 0 Å². The molecule has 0 bridgehead atoms. The fourth-order valence-electron chi connectivity index (χ4n) is 2.82. The molecule has 0 atom stereocenters. The van der Waals surface area contributed by atoms with Gasteiger partial charge in [-0.3, -0.25) is 0 Å². The van der Waals surface area contributed by atoms with Gasteiger partial charge in [0.15, 0.2) is 0 Å². The standard InChI is InChI=1S/C14H21BrN2O/c1-3-14(4-2)5-6-17(10-14)13-11(9-18)7-12(15)8-16-13/h7-8,18H,3-6,9-10H2,1-2H3. The Labute approximate surface area is 117 Å². The van der Waals surface area contributed by atoms with Crippen LogP contribution in [-0.2, 0) is 6.61 Å². The number of aliphatic hydroxyl groups excluding tert-OH is 1. The molecule has 0 aliphatic carbocycles. The second-order valence-electron chi connectivity index (χ2n) is 5.17. The highest BCUT2D eigenvalue weighted by molar-refractivity contribution is 9.10. The molecule has 1 aliphatic rings. The van der Waals surface area contributed by atoms with Crippen molar-refractivity contribution in [1.29, 1.82) is 0 Å². The summed E-state index contributed by atoms with van der Waals surface area (Å²) >= 11 is 3.40. The van der Waals surface area contributed by atoms with Crippen LogP contribution in [0.15, 0.2) is 16.7 Å². The van der Waals surface area contributed by atoms with Crippen LogP contribution in [0.5, 0.6) is 0 Å². The largest absolute Gasteiger partial charge is 0.392 e. The normalized spacial score (nSPS) is 18.3. The van der Waals surface area contributed by atoms with E-state index in [1.165, 1.54) is 19.3 Å². The lowest BCUT2D eigenvalue weighted by Gasteiger charge is -2.27. The minimum absolute atomic E-state index is 0.0452. The van der Waals surface area contributed by atoms with Crippen LogP contribution in [-0.4, -0.2) is 23.2 Å². The van der Waals surface area contributed by atoms with Crippen molar-refractivity contribution in [1.82, 2.24) is 4.98 Å². The van der Waals surface area contributed by atoms with Gasteiger partial charge in [-0.2, -0.15) is 0 Å². The van der Waals surface area contributed by atoms with Crippen LogP contribution in [0.1, 0.15) is 38.7 Å². The molecule has 0 radical (unpaired) electrons. The van der Waals surface area contributed by atoms with Gasteiger partial charge in [0.2, 0.25) is 0 Å². The number of aromatic nitrogens is 1. The Kier molecular flexibility index (Phi) is 4.28. The van der Waals surface area contributed by atoms with Gasteiger partial charge < -0.3 is 10.0 Å². The Hall–Kier alpha value is -0.610. The summed E-state index contributed by atoms with van der Waals surface area (Å²) < 4.78 is 0.923. The van der Waals surface area contributed by atoms with Crippen LogP contribution in [0.3, 0.4) is 0 Å². The first kappa shape index (κ1) is 13.8. The number of halogens is 1. The lowest BCUT2D eigenvalue weighted by atomic mass is 9.82. The summed E-state index contributed by atoms with van der Waals surface area (Å²) in [6.07, 6.45) is 5.46. The predicted molar refractivity (Wildman–Crippen MR) is 77.7 cm³/mol. The smallest absolute Gasteiger partial charge is 0.134 e. The van der Waals surface area contributed by atoms with Crippen LogP contribution in [0.2, 0.25) is 0 Å². The third kappa shape index (κ3) is 2.54. The molecular formula is C14H21BrN2O. The van der Waals surface area contributed by atoms with Gasteiger partial charge >= 0.3 is 0 Å². The molecule has 18 heavy (non-hydrogen) atoms. The van der Waals surface area contributed by atoms with Crippen LogP contribution < -0.4 is 4.90 Å². The molecule has 100 valence electrons. The average Bonchev–Trinajstić information content (AvgIpc) is 2.83. The van der Waals surface area contributed by atoms with Crippen molar-refractivity contribution in [2.24, 2.45) is 5.41 Å². The Morgan fingerprint density at radius 3 is 2.72 bits per heavy atom. The summed E-state index contributed by atoms with van der Waals surface area (Å²) in [7, 11) is 0. The highest BCUT2D eigenvalue weighted by Crippen LogP contribution is 2.39. The topological polar surface area (TPSA) is 36.4 Å². The zero-order valence-corrected chi connectivity index (χ0v) is 12.7. The van der Waals surface area contributed by atoms with Crippen molar-refractivity contribution < 1.29 is 5.11 Å². The van der Waals surface area contributed by atoms with Gasteiger partial charge in [-0.25, -0.2) is 4.98 Å². The highest BCUT2D eigenvalue weighted by atomic mass is 79.9. The number of rotatable bonds is 4. The van der Waals surface area contributed by atoms with Crippen LogP contribution >= 0.6 is 15.9 Å². The Morgan fingerprint density at radius 1 is 1.44 bits per heavy atom. The fraction of sp³-hybridized carbons (Fsp3) is 0.643. The zero-order chi connectivity index (χ0) is 13.2. The second-order valence-corrected chi connectivity index (χ2v) is 6.09. The number of nitrogens with zero attached hydrogens (tertiary/aromatic N) is 2. The van der Waals surface area contributed by atoms with Crippen molar-refractivity contribution >= 4 is 21.7 Å². The van der Waals surface area contributed by atoms with Gasteiger partial charge in [-0.15, -0.1) is 0 Å². The van der Waals surface area contributed by atoms with E-state index in [9.17, 15) is 5.11 Å². The molecule has 2 rings (SSSR count). The summed E-state index contributed by atoms with van der Waals surface area (Å²) in [6, 6.07) is 1.96. The lowest BCUT2D eigenvalue weighted by Crippen LogP contribution is -2.27. The minimum Gasteiger partial charge on any atom is -0.392 e. The summed E-state index contributed by atoms with van der Waals surface area (Å²) in [4.78, 5) is 6.81. The maximum Gasteiger partial charge on any atom is 0.134 e. The van der Waals surface area contributed by atoms with Crippen molar-refractivity contribution in [2.45, 2.75) is 39.7 Å². The van der Waals surface area contributed by atoms with Crippen molar-refractivity contribution in [3.63, 3.8) is 0 Å². The number of hydrogen-bond acceptors (Lipinski definition) is 3. The van der Waals surface area contributed by atoms with Crippen LogP contribution in [0.25, 0.3) is 0 Å². The maximum absolute atomic E-state index is 9.46. The molecule has 0 aromatic carbocycles. The number of aliphatic hydroxyl groups is 1. The first-order valence-electron chi connectivity index (χ1n) is 6.64. The van der Waals surface area contributed by atoms with Gasteiger partial charge in [0, 0.05) is 29.3 Å². The van der Waals surface area contributed by atoms with E-state index in [0.29, 0.717) is 5.41 Å². The van der Waals surface area contributed by atoms with Gasteiger partial charge in [0.25, 0.3) is 0 Å². The monoisotopic (exact) mass is 312 g/mol. The molecule has 1 aromatic rings. The van der Waals surface area contributed by atoms with E-state index in [0.717, 1.165) is 28.9 Å². The summed E-state index contributed by atoms with van der Waals surface area (Å²) in [5, 5.41) is 9.46. The maximum atomic E-state index is 9.46. The van der Waals surface area contributed by atoms with Gasteiger partial charge in [0.1, 0.15) is 5.82 Å².